The minimum absolute atomic E-state index is 0.248. The predicted molar refractivity (Wildman–Crippen MR) is 79.8 cm³/mol. The number of ether oxygens (including phenoxy) is 2. The van der Waals surface area contributed by atoms with Gasteiger partial charge in [-0.1, -0.05) is 30.9 Å². The SMILES string of the molecule is C=Cc1ccc(OC(F)(F)F)c(-c2ccc(OCC)cc2)c1. The first kappa shape index (κ1) is 15.9. The predicted octanol–water partition coefficient (Wildman–Crippen LogP) is 5.29. The Kier molecular flexibility index (Phi) is 4.75. The van der Waals surface area contributed by atoms with Gasteiger partial charge in [-0.2, -0.15) is 0 Å². The van der Waals surface area contributed by atoms with Crippen molar-refractivity contribution in [1.82, 2.24) is 0 Å². The Hall–Kier alpha value is -2.43. The quantitative estimate of drug-likeness (QED) is 0.747. The summed E-state index contributed by atoms with van der Waals surface area (Å²) in [5.74, 6) is 0.409. The molecule has 0 saturated heterocycles. The van der Waals surface area contributed by atoms with E-state index < -0.39 is 6.36 Å². The summed E-state index contributed by atoms with van der Waals surface area (Å²) in [7, 11) is 0. The lowest BCUT2D eigenvalue weighted by Gasteiger charge is -2.14. The van der Waals surface area contributed by atoms with Gasteiger partial charge in [-0.05, 0) is 42.3 Å². The van der Waals surface area contributed by atoms with Gasteiger partial charge in [0.2, 0.25) is 0 Å². The molecular weight excluding hydrogens is 293 g/mol. The van der Waals surface area contributed by atoms with Crippen LogP contribution in [0.1, 0.15) is 12.5 Å². The normalized spacial score (nSPS) is 11.1. The van der Waals surface area contributed by atoms with E-state index in [9.17, 15) is 13.2 Å². The fourth-order valence-electron chi connectivity index (χ4n) is 2.01. The van der Waals surface area contributed by atoms with Crippen LogP contribution in [0.25, 0.3) is 17.2 Å². The second-order valence-electron chi connectivity index (χ2n) is 4.46. The summed E-state index contributed by atoms with van der Waals surface area (Å²) < 4.78 is 47.0. The molecule has 2 aromatic rings. The maximum atomic E-state index is 12.5. The standard InChI is InChI=1S/C17H15F3O2/c1-3-12-5-10-16(22-17(18,19)20)15(11-12)13-6-8-14(9-7-13)21-4-2/h3,5-11H,1,4H2,2H3. The zero-order valence-corrected chi connectivity index (χ0v) is 12.0. The van der Waals surface area contributed by atoms with Crippen molar-refractivity contribution in [2.24, 2.45) is 0 Å². The molecule has 0 spiro atoms. The molecule has 0 amide bonds. The number of alkyl halides is 3. The highest BCUT2D eigenvalue weighted by Crippen LogP contribution is 2.35. The van der Waals surface area contributed by atoms with Crippen molar-refractivity contribution in [2.75, 3.05) is 6.61 Å². The van der Waals surface area contributed by atoms with E-state index in [4.69, 9.17) is 4.74 Å². The number of rotatable bonds is 5. The Morgan fingerprint density at radius 1 is 1.09 bits per heavy atom. The van der Waals surface area contributed by atoms with Crippen LogP contribution in [0.5, 0.6) is 11.5 Å². The summed E-state index contributed by atoms with van der Waals surface area (Å²) in [6.07, 6.45) is -3.18. The molecule has 22 heavy (non-hydrogen) atoms. The van der Waals surface area contributed by atoms with Gasteiger partial charge in [0.05, 0.1) is 6.61 Å². The largest absolute Gasteiger partial charge is 0.573 e. The van der Waals surface area contributed by atoms with E-state index >= 15 is 0 Å². The molecule has 2 rings (SSSR count). The third-order valence-corrected chi connectivity index (χ3v) is 2.94. The molecule has 0 unspecified atom stereocenters. The lowest BCUT2D eigenvalue weighted by molar-refractivity contribution is -0.274. The first-order chi connectivity index (χ1) is 10.4. The highest BCUT2D eigenvalue weighted by Gasteiger charge is 2.32. The lowest BCUT2D eigenvalue weighted by atomic mass is 10.0. The van der Waals surface area contributed by atoms with E-state index in [0.29, 0.717) is 29.0 Å². The van der Waals surface area contributed by atoms with E-state index in [0.717, 1.165) is 0 Å². The third kappa shape index (κ3) is 4.04. The summed E-state index contributed by atoms with van der Waals surface area (Å²) in [4.78, 5) is 0. The summed E-state index contributed by atoms with van der Waals surface area (Å²) in [5, 5.41) is 0. The zero-order chi connectivity index (χ0) is 16.2. The molecule has 0 atom stereocenters. The molecule has 0 aliphatic heterocycles. The maximum Gasteiger partial charge on any atom is 0.573 e. The van der Waals surface area contributed by atoms with Gasteiger partial charge in [-0.25, -0.2) is 0 Å². The summed E-state index contributed by atoms with van der Waals surface area (Å²) >= 11 is 0. The van der Waals surface area contributed by atoms with Crippen LogP contribution in [0.15, 0.2) is 49.0 Å². The van der Waals surface area contributed by atoms with Crippen LogP contribution in [0.3, 0.4) is 0 Å². The van der Waals surface area contributed by atoms with Crippen LogP contribution in [0, 0.1) is 0 Å². The zero-order valence-electron chi connectivity index (χ0n) is 12.0. The van der Waals surface area contributed by atoms with E-state index in [1.54, 1.807) is 36.4 Å². The molecule has 5 heteroatoms. The van der Waals surface area contributed by atoms with Crippen molar-refractivity contribution in [3.05, 3.63) is 54.6 Å². The minimum Gasteiger partial charge on any atom is -0.494 e. The van der Waals surface area contributed by atoms with Crippen LogP contribution in [-0.2, 0) is 0 Å². The molecule has 0 bridgehead atoms. The Morgan fingerprint density at radius 2 is 1.77 bits per heavy atom. The first-order valence-electron chi connectivity index (χ1n) is 6.68. The highest BCUT2D eigenvalue weighted by atomic mass is 19.4. The Balaban J connectivity index is 2.44. The fourth-order valence-corrected chi connectivity index (χ4v) is 2.01. The van der Waals surface area contributed by atoms with E-state index in [2.05, 4.69) is 11.3 Å². The molecular formula is C17H15F3O2. The number of halogens is 3. The molecule has 0 aromatic heterocycles. The average molecular weight is 308 g/mol. The third-order valence-electron chi connectivity index (χ3n) is 2.94. The number of hydrogen-bond acceptors (Lipinski definition) is 2. The van der Waals surface area contributed by atoms with E-state index in [-0.39, 0.29) is 5.75 Å². The van der Waals surface area contributed by atoms with E-state index in [1.807, 2.05) is 6.92 Å². The smallest absolute Gasteiger partial charge is 0.494 e. The molecule has 0 saturated carbocycles. The molecule has 0 aliphatic carbocycles. The second-order valence-corrected chi connectivity index (χ2v) is 4.46. The molecule has 2 aromatic carbocycles. The molecule has 0 N–H and O–H groups in total. The number of benzene rings is 2. The van der Waals surface area contributed by atoms with Crippen molar-refractivity contribution in [3.8, 4) is 22.6 Å². The lowest BCUT2D eigenvalue weighted by Crippen LogP contribution is -2.17. The molecule has 116 valence electrons. The van der Waals surface area contributed by atoms with Crippen molar-refractivity contribution in [3.63, 3.8) is 0 Å². The minimum atomic E-state index is -4.74. The van der Waals surface area contributed by atoms with E-state index in [1.165, 1.54) is 12.1 Å². The fraction of sp³-hybridized carbons (Fsp3) is 0.176. The first-order valence-corrected chi connectivity index (χ1v) is 6.68. The highest BCUT2D eigenvalue weighted by molar-refractivity contribution is 5.74. The van der Waals surface area contributed by atoms with Gasteiger partial charge in [0.1, 0.15) is 11.5 Å². The van der Waals surface area contributed by atoms with Crippen LogP contribution in [0.4, 0.5) is 13.2 Å². The number of hydrogen-bond donors (Lipinski definition) is 0. The molecule has 0 fully saturated rings. The second kappa shape index (κ2) is 6.56. The molecule has 0 heterocycles. The van der Waals surface area contributed by atoms with Gasteiger partial charge in [-0.15, -0.1) is 13.2 Å². The molecule has 0 aliphatic rings. The van der Waals surface area contributed by atoms with Gasteiger partial charge < -0.3 is 9.47 Å². The Labute approximate surface area is 126 Å². The Bertz CT molecular complexity index is 646. The Morgan fingerprint density at radius 3 is 2.32 bits per heavy atom. The van der Waals surface area contributed by atoms with Gasteiger partial charge >= 0.3 is 6.36 Å². The monoisotopic (exact) mass is 308 g/mol. The topological polar surface area (TPSA) is 18.5 Å². The van der Waals surface area contributed by atoms with Gasteiger partial charge in [0.25, 0.3) is 0 Å². The summed E-state index contributed by atoms with van der Waals surface area (Å²) in [5.41, 5.74) is 1.66. The van der Waals surface area contributed by atoms with Crippen LogP contribution < -0.4 is 9.47 Å². The van der Waals surface area contributed by atoms with Gasteiger partial charge in [0.15, 0.2) is 0 Å². The summed E-state index contributed by atoms with van der Waals surface area (Å²) in [6.45, 7) is 6.00. The van der Waals surface area contributed by atoms with Crippen molar-refractivity contribution >= 4 is 6.08 Å². The van der Waals surface area contributed by atoms with Gasteiger partial charge in [-0.3, -0.25) is 0 Å². The van der Waals surface area contributed by atoms with Gasteiger partial charge in [0, 0.05) is 5.56 Å². The van der Waals surface area contributed by atoms with Crippen molar-refractivity contribution in [2.45, 2.75) is 13.3 Å². The average Bonchev–Trinajstić information content (AvgIpc) is 2.47. The maximum absolute atomic E-state index is 12.5. The molecule has 0 radical (unpaired) electrons. The van der Waals surface area contributed by atoms with Crippen LogP contribution in [-0.4, -0.2) is 13.0 Å². The van der Waals surface area contributed by atoms with Crippen molar-refractivity contribution < 1.29 is 22.6 Å². The summed E-state index contributed by atoms with van der Waals surface area (Å²) in [6, 6.07) is 11.2. The van der Waals surface area contributed by atoms with Crippen molar-refractivity contribution in [1.29, 1.82) is 0 Å². The molecule has 2 nitrogen and oxygen atoms in total. The van der Waals surface area contributed by atoms with Crippen LogP contribution >= 0.6 is 0 Å². The van der Waals surface area contributed by atoms with Crippen LogP contribution in [0.2, 0.25) is 0 Å².